The summed E-state index contributed by atoms with van der Waals surface area (Å²) >= 11 is 5.25. The number of nitrogens with zero attached hydrogens (tertiary/aromatic N) is 2. The molecule has 0 fully saturated rings. The summed E-state index contributed by atoms with van der Waals surface area (Å²) in [6.45, 7) is 6.64. The monoisotopic (exact) mass is 339 g/mol. The number of imidazole rings is 1. The van der Waals surface area contributed by atoms with E-state index in [-0.39, 0.29) is 5.92 Å². The lowest BCUT2D eigenvalue weighted by atomic mass is 10.0. The molecule has 4 nitrogen and oxygen atoms in total. The Morgan fingerprint density at radius 1 is 1.33 bits per heavy atom. The van der Waals surface area contributed by atoms with Gasteiger partial charge in [0.15, 0.2) is 0 Å². The molecule has 0 bridgehead atoms. The number of aryl methyl sites for hydroxylation is 1. The molecule has 0 spiro atoms. The highest BCUT2D eigenvalue weighted by Crippen LogP contribution is 2.35. The molecule has 0 radical (unpaired) electrons. The largest absolute Gasteiger partial charge is 0.493 e. The minimum Gasteiger partial charge on any atom is -0.493 e. The first-order valence-corrected chi connectivity index (χ1v) is 8.43. The third-order valence-electron chi connectivity index (χ3n) is 4.10. The molecule has 0 aliphatic rings. The number of hydrogen-bond acceptors (Lipinski definition) is 3. The van der Waals surface area contributed by atoms with Crippen molar-refractivity contribution < 1.29 is 4.74 Å². The molecule has 0 saturated carbocycles. The molecular weight excluding hydrogens is 318 g/mol. The molecule has 1 aromatic carbocycles. The average Bonchev–Trinajstić information content (AvgIpc) is 2.93. The quantitative estimate of drug-likeness (QED) is 0.711. The molecule has 0 aliphatic carbocycles. The van der Waals surface area contributed by atoms with Gasteiger partial charge in [-0.3, -0.25) is 0 Å². The molecule has 2 aromatic heterocycles. The predicted octanol–water partition coefficient (Wildman–Crippen LogP) is 4.10. The van der Waals surface area contributed by atoms with Gasteiger partial charge in [0.25, 0.3) is 0 Å². The fourth-order valence-corrected chi connectivity index (χ4v) is 2.97. The maximum Gasteiger partial charge on any atom is 0.137 e. The van der Waals surface area contributed by atoms with Crippen LogP contribution in [0.15, 0.2) is 42.6 Å². The molecule has 5 heteroatoms. The van der Waals surface area contributed by atoms with Crippen molar-refractivity contribution in [1.29, 1.82) is 0 Å². The highest BCUT2D eigenvalue weighted by Gasteiger charge is 2.23. The lowest BCUT2D eigenvalue weighted by molar-refractivity contribution is 0.341. The number of pyridine rings is 1. The number of hydrogen-bond donors (Lipinski definition) is 1. The van der Waals surface area contributed by atoms with Crippen LogP contribution >= 0.6 is 12.2 Å². The van der Waals surface area contributed by atoms with Crippen molar-refractivity contribution in [1.82, 2.24) is 9.38 Å². The number of aromatic nitrogens is 2. The second kappa shape index (κ2) is 6.61. The van der Waals surface area contributed by atoms with E-state index in [1.807, 2.05) is 44.3 Å². The van der Waals surface area contributed by atoms with Crippen LogP contribution in [0.5, 0.6) is 5.75 Å². The Balaban J connectivity index is 2.31. The van der Waals surface area contributed by atoms with Crippen molar-refractivity contribution in [2.75, 3.05) is 6.61 Å². The van der Waals surface area contributed by atoms with Gasteiger partial charge in [-0.25, -0.2) is 4.98 Å². The van der Waals surface area contributed by atoms with Crippen molar-refractivity contribution in [3.05, 3.63) is 53.9 Å². The molecule has 2 heterocycles. The van der Waals surface area contributed by atoms with Gasteiger partial charge in [-0.2, -0.15) is 0 Å². The normalized spacial score (nSPS) is 12.3. The molecule has 1 atom stereocenters. The van der Waals surface area contributed by atoms with Crippen molar-refractivity contribution in [3.63, 3.8) is 0 Å². The van der Waals surface area contributed by atoms with Crippen LogP contribution in [0, 0.1) is 6.92 Å². The van der Waals surface area contributed by atoms with Crippen LogP contribution in [0.4, 0.5) is 0 Å². The van der Waals surface area contributed by atoms with Gasteiger partial charge in [0.05, 0.1) is 23.0 Å². The summed E-state index contributed by atoms with van der Waals surface area (Å²) in [6.07, 6.45) is 2.02. The van der Waals surface area contributed by atoms with E-state index in [0.717, 1.165) is 33.9 Å². The standard InChI is InChI=1S/C19H21N3OS/c1-4-23-15-8-6-5-7-14(15)17-18(13(3)19(20)24)22-10-9-12(2)11-16(22)21-17/h5-11,13H,4H2,1-3H3,(H2,20,24). The molecule has 124 valence electrons. The molecular formula is C19H21N3OS. The topological polar surface area (TPSA) is 52.5 Å². The lowest BCUT2D eigenvalue weighted by Crippen LogP contribution is -2.18. The predicted molar refractivity (Wildman–Crippen MR) is 102 cm³/mol. The first-order valence-electron chi connectivity index (χ1n) is 8.03. The van der Waals surface area contributed by atoms with E-state index < -0.39 is 0 Å². The Morgan fingerprint density at radius 3 is 2.79 bits per heavy atom. The van der Waals surface area contributed by atoms with Crippen molar-refractivity contribution in [3.8, 4) is 17.0 Å². The van der Waals surface area contributed by atoms with E-state index >= 15 is 0 Å². The number of ether oxygens (including phenoxy) is 1. The van der Waals surface area contributed by atoms with E-state index in [9.17, 15) is 0 Å². The molecule has 0 saturated heterocycles. The summed E-state index contributed by atoms with van der Waals surface area (Å²) in [5.41, 5.74) is 10.8. The molecule has 2 N–H and O–H groups in total. The fraction of sp³-hybridized carbons (Fsp3) is 0.263. The van der Waals surface area contributed by atoms with Crippen LogP contribution in [0.2, 0.25) is 0 Å². The van der Waals surface area contributed by atoms with Gasteiger partial charge < -0.3 is 14.9 Å². The second-order valence-electron chi connectivity index (χ2n) is 5.83. The lowest BCUT2D eigenvalue weighted by Gasteiger charge is -2.14. The first-order chi connectivity index (χ1) is 11.5. The van der Waals surface area contributed by atoms with Crippen LogP contribution in [0.3, 0.4) is 0 Å². The van der Waals surface area contributed by atoms with E-state index in [0.29, 0.717) is 11.6 Å². The van der Waals surface area contributed by atoms with E-state index in [4.69, 9.17) is 27.7 Å². The summed E-state index contributed by atoms with van der Waals surface area (Å²) < 4.78 is 7.86. The molecule has 24 heavy (non-hydrogen) atoms. The van der Waals surface area contributed by atoms with Gasteiger partial charge in [-0.1, -0.05) is 31.3 Å². The summed E-state index contributed by atoms with van der Waals surface area (Å²) in [5.74, 6) is 0.721. The summed E-state index contributed by atoms with van der Waals surface area (Å²) in [4.78, 5) is 5.31. The van der Waals surface area contributed by atoms with Gasteiger partial charge in [0.1, 0.15) is 11.4 Å². The first kappa shape index (κ1) is 16.5. The molecule has 0 amide bonds. The number of thiocarbonyl (C=S) groups is 1. The zero-order valence-corrected chi connectivity index (χ0v) is 14.9. The van der Waals surface area contributed by atoms with E-state index in [1.54, 1.807) is 0 Å². The summed E-state index contributed by atoms with van der Waals surface area (Å²) in [7, 11) is 0. The minimum absolute atomic E-state index is 0.0950. The summed E-state index contributed by atoms with van der Waals surface area (Å²) in [6, 6.07) is 12.1. The van der Waals surface area contributed by atoms with Crippen LogP contribution in [-0.2, 0) is 0 Å². The van der Waals surface area contributed by atoms with Crippen LogP contribution < -0.4 is 10.5 Å². The number of nitrogens with two attached hydrogens (primary N) is 1. The average molecular weight is 339 g/mol. The SMILES string of the molecule is CCOc1ccccc1-c1nc2cc(C)ccn2c1C(C)C(N)=S. The van der Waals surface area contributed by atoms with Crippen molar-refractivity contribution >= 4 is 22.9 Å². The van der Waals surface area contributed by atoms with Gasteiger partial charge >= 0.3 is 0 Å². The highest BCUT2D eigenvalue weighted by atomic mass is 32.1. The number of benzene rings is 1. The van der Waals surface area contributed by atoms with Gasteiger partial charge in [0, 0.05) is 17.7 Å². The van der Waals surface area contributed by atoms with E-state index in [2.05, 4.69) is 23.5 Å². The van der Waals surface area contributed by atoms with Crippen molar-refractivity contribution in [2.24, 2.45) is 5.73 Å². The Hall–Kier alpha value is -2.40. The van der Waals surface area contributed by atoms with Crippen LogP contribution in [-0.4, -0.2) is 21.0 Å². The van der Waals surface area contributed by atoms with Crippen LogP contribution in [0.1, 0.15) is 31.0 Å². The number of para-hydroxylation sites is 1. The summed E-state index contributed by atoms with van der Waals surface area (Å²) in [5, 5.41) is 0. The Bertz CT molecular complexity index is 901. The van der Waals surface area contributed by atoms with Gasteiger partial charge in [-0.05, 0) is 43.7 Å². The maximum atomic E-state index is 5.95. The third kappa shape index (κ3) is 2.87. The van der Waals surface area contributed by atoms with Crippen LogP contribution in [0.25, 0.3) is 16.9 Å². The number of rotatable bonds is 5. The Morgan fingerprint density at radius 2 is 2.08 bits per heavy atom. The number of fused-ring (bicyclic) bond motifs is 1. The molecule has 3 rings (SSSR count). The molecule has 0 aliphatic heterocycles. The minimum atomic E-state index is -0.0950. The highest BCUT2D eigenvalue weighted by molar-refractivity contribution is 7.80. The van der Waals surface area contributed by atoms with E-state index in [1.165, 1.54) is 0 Å². The molecule has 3 aromatic rings. The van der Waals surface area contributed by atoms with Gasteiger partial charge in [0.2, 0.25) is 0 Å². The fourth-order valence-electron chi connectivity index (χ4n) is 2.86. The Kier molecular flexibility index (Phi) is 4.53. The van der Waals surface area contributed by atoms with Crippen molar-refractivity contribution in [2.45, 2.75) is 26.7 Å². The Labute approximate surface area is 147 Å². The van der Waals surface area contributed by atoms with Gasteiger partial charge in [-0.15, -0.1) is 0 Å². The zero-order valence-electron chi connectivity index (χ0n) is 14.1. The molecule has 1 unspecified atom stereocenters. The maximum absolute atomic E-state index is 5.95. The zero-order chi connectivity index (χ0) is 17.3. The third-order valence-corrected chi connectivity index (χ3v) is 4.45. The smallest absolute Gasteiger partial charge is 0.137 e. The second-order valence-corrected chi connectivity index (χ2v) is 6.30.